The van der Waals surface area contributed by atoms with Crippen LogP contribution in [0.5, 0.6) is 5.75 Å². The maximum absolute atomic E-state index is 13.2. The minimum absolute atomic E-state index is 0.00989. The Morgan fingerprint density at radius 3 is 2.71 bits per heavy atom. The summed E-state index contributed by atoms with van der Waals surface area (Å²) in [5.74, 6) is 0.253. The Hall–Kier alpha value is -3.01. The summed E-state index contributed by atoms with van der Waals surface area (Å²) in [6, 6.07) is 3.74. The van der Waals surface area contributed by atoms with Gasteiger partial charge in [0, 0.05) is 28.8 Å². The zero-order valence-corrected chi connectivity index (χ0v) is 18.8. The van der Waals surface area contributed by atoms with Gasteiger partial charge < -0.3 is 15.2 Å². The number of carbonyl (C=O) groups is 1. The summed E-state index contributed by atoms with van der Waals surface area (Å²) in [5.41, 5.74) is 0.401. The Balaban J connectivity index is 1.43. The van der Waals surface area contributed by atoms with Gasteiger partial charge in [-0.05, 0) is 63.0 Å². The van der Waals surface area contributed by atoms with Gasteiger partial charge in [0.05, 0.1) is 30.0 Å². The number of halogens is 2. The quantitative estimate of drug-likeness (QED) is 0.415. The van der Waals surface area contributed by atoms with E-state index in [0.29, 0.717) is 28.7 Å². The van der Waals surface area contributed by atoms with Crippen LogP contribution < -0.4 is 10.1 Å². The van der Waals surface area contributed by atoms with Crippen molar-refractivity contribution in [3.63, 3.8) is 0 Å². The molecule has 8 nitrogen and oxygen atoms in total. The van der Waals surface area contributed by atoms with E-state index in [1.807, 2.05) is 10.9 Å². The summed E-state index contributed by atoms with van der Waals surface area (Å²) in [6.45, 7) is 0.522. The summed E-state index contributed by atoms with van der Waals surface area (Å²) >= 11 is 0. The molecule has 1 aliphatic heterocycles. The molecule has 3 aliphatic rings. The molecule has 0 radical (unpaired) electrons. The first kappa shape index (κ1) is 22.8. The molecule has 34 heavy (non-hydrogen) atoms. The number of allylic oxidation sites excluding steroid dienone is 1. The van der Waals surface area contributed by atoms with Gasteiger partial charge in [-0.2, -0.15) is 13.9 Å². The maximum Gasteiger partial charge on any atom is 0.325 e. The largest absolute Gasteiger partial charge is 0.491 e. The van der Waals surface area contributed by atoms with Crippen LogP contribution in [0.15, 0.2) is 30.1 Å². The molecule has 1 aromatic carbocycles. The van der Waals surface area contributed by atoms with Crippen molar-refractivity contribution in [1.29, 1.82) is 0 Å². The molecular formula is C24H29F2N4O4+. The van der Waals surface area contributed by atoms with Crippen molar-refractivity contribution in [2.24, 2.45) is 5.92 Å². The smallest absolute Gasteiger partial charge is 0.325 e. The number of carbonyl (C=O) groups excluding carboxylic acids is 1. The third-order valence-electron chi connectivity index (χ3n) is 6.81. The lowest BCUT2D eigenvalue weighted by molar-refractivity contribution is -0.737. The van der Waals surface area contributed by atoms with Gasteiger partial charge in [-0.3, -0.25) is 14.7 Å². The van der Waals surface area contributed by atoms with Crippen molar-refractivity contribution in [3.05, 3.63) is 30.1 Å². The second kappa shape index (κ2) is 9.32. The summed E-state index contributed by atoms with van der Waals surface area (Å²) < 4.78 is 34.6. The van der Waals surface area contributed by atoms with E-state index in [1.54, 1.807) is 12.1 Å². The number of rotatable bonds is 7. The molecule has 0 unspecified atom stereocenters. The van der Waals surface area contributed by atoms with Gasteiger partial charge >= 0.3 is 18.0 Å². The number of hydroxylamine groups is 1. The van der Waals surface area contributed by atoms with E-state index in [9.17, 15) is 23.9 Å². The van der Waals surface area contributed by atoms with Crippen LogP contribution >= 0.6 is 0 Å². The van der Waals surface area contributed by atoms with E-state index in [4.69, 9.17) is 9.84 Å². The fourth-order valence-corrected chi connectivity index (χ4v) is 4.57. The van der Waals surface area contributed by atoms with Crippen LogP contribution in [0.3, 0.4) is 0 Å². The first-order valence-electron chi connectivity index (χ1n) is 11.9. The van der Waals surface area contributed by atoms with Gasteiger partial charge in [0.1, 0.15) is 5.75 Å². The lowest BCUT2D eigenvalue weighted by Gasteiger charge is -2.25. The van der Waals surface area contributed by atoms with Gasteiger partial charge in [0.15, 0.2) is 0 Å². The lowest BCUT2D eigenvalue weighted by Crippen LogP contribution is -2.32. The number of aliphatic hydroxyl groups is 1. The monoisotopic (exact) mass is 475 g/mol. The second-order valence-electron chi connectivity index (χ2n) is 9.42. The molecule has 2 saturated carbocycles. The Morgan fingerprint density at radius 2 is 2.00 bits per heavy atom. The average molecular weight is 476 g/mol. The molecule has 2 aliphatic carbocycles. The van der Waals surface area contributed by atoms with Crippen molar-refractivity contribution < 1.29 is 33.4 Å². The average Bonchev–Trinajstić information content (AvgIpc) is 3.55. The number of anilines is 1. The van der Waals surface area contributed by atoms with Crippen LogP contribution in [0.4, 0.5) is 14.5 Å². The first-order valence-corrected chi connectivity index (χ1v) is 11.9. The van der Waals surface area contributed by atoms with Gasteiger partial charge in [0.2, 0.25) is 0 Å². The van der Waals surface area contributed by atoms with E-state index < -0.39 is 18.0 Å². The molecular weight excluding hydrogens is 446 g/mol. The predicted octanol–water partition coefficient (Wildman–Crippen LogP) is 4.03. The van der Waals surface area contributed by atoms with Gasteiger partial charge in [0.25, 0.3) is 5.71 Å². The van der Waals surface area contributed by atoms with Gasteiger partial charge in [-0.1, -0.05) is 0 Å². The van der Waals surface area contributed by atoms with Crippen LogP contribution in [0, 0.1) is 5.92 Å². The Morgan fingerprint density at radius 1 is 1.24 bits per heavy atom. The fourth-order valence-electron chi connectivity index (χ4n) is 4.57. The molecule has 5 rings (SSSR count). The summed E-state index contributed by atoms with van der Waals surface area (Å²) in [6.07, 6.45) is 5.85. The van der Waals surface area contributed by atoms with Crippen LogP contribution in [-0.4, -0.2) is 55.6 Å². The first-order chi connectivity index (χ1) is 16.4. The number of aliphatic hydroxyl groups excluding tert-OH is 1. The molecule has 1 aromatic heterocycles. The highest BCUT2D eigenvalue weighted by atomic mass is 19.3. The van der Waals surface area contributed by atoms with Gasteiger partial charge in [-0.15, -0.1) is 0 Å². The van der Waals surface area contributed by atoms with Crippen molar-refractivity contribution in [3.8, 4) is 5.75 Å². The second-order valence-corrected chi connectivity index (χ2v) is 9.42. The zero-order valence-electron chi connectivity index (χ0n) is 18.8. The highest BCUT2D eigenvalue weighted by Crippen LogP contribution is 2.36. The Labute approximate surface area is 195 Å². The third kappa shape index (κ3) is 4.77. The molecule has 2 aromatic rings. The van der Waals surface area contributed by atoms with Crippen LogP contribution in [0.25, 0.3) is 10.9 Å². The standard InChI is InChI=1S/C24H28F2N4O4/c25-23(26)20-2-1-3-21(30(20)33)24(32)27-19-10-15-12-29(16-6-8-17(31)9-7-16)28-18(15)11-22(19)34-13-14-4-5-14/h3,10-12,14,16-17,23,31H,1-2,4-9,13H2,(H-,27,32,33)/p+1. The zero-order chi connectivity index (χ0) is 23.8. The molecule has 1 amide bonds. The SMILES string of the molecule is O=C(Nc1cc2cn(C3CCC(O)CC3)nc2cc1OCC1CC1)C1=CCCC(C(F)F)=[N+]1O. The summed E-state index contributed by atoms with van der Waals surface area (Å²) in [5, 5.41) is 28.2. The number of aromatic nitrogens is 2. The van der Waals surface area contributed by atoms with E-state index >= 15 is 0 Å². The highest BCUT2D eigenvalue weighted by molar-refractivity contribution is 6.05. The number of benzene rings is 1. The Bertz CT molecular complexity index is 1150. The predicted molar refractivity (Wildman–Crippen MR) is 120 cm³/mol. The number of hydrogen-bond acceptors (Lipinski definition) is 5. The molecule has 0 bridgehead atoms. The molecule has 182 valence electrons. The minimum Gasteiger partial charge on any atom is -0.491 e. The molecule has 10 heteroatoms. The number of fused-ring (bicyclic) bond motifs is 1. The molecule has 2 heterocycles. The van der Waals surface area contributed by atoms with Crippen LogP contribution in [0.1, 0.15) is 57.4 Å². The summed E-state index contributed by atoms with van der Waals surface area (Å²) in [7, 11) is 0. The van der Waals surface area contributed by atoms with E-state index in [-0.39, 0.29) is 30.7 Å². The summed E-state index contributed by atoms with van der Waals surface area (Å²) in [4.78, 5) is 12.9. The van der Waals surface area contributed by atoms with E-state index in [1.165, 1.54) is 6.08 Å². The molecule has 0 atom stereocenters. The number of alkyl halides is 2. The van der Waals surface area contributed by atoms with Crippen molar-refractivity contribution >= 4 is 28.2 Å². The maximum atomic E-state index is 13.2. The molecule has 0 saturated heterocycles. The van der Waals surface area contributed by atoms with Crippen molar-refractivity contribution in [2.45, 2.75) is 69.9 Å². The van der Waals surface area contributed by atoms with Crippen molar-refractivity contribution in [1.82, 2.24) is 9.78 Å². The van der Waals surface area contributed by atoms with Gasteiger partial charge in [-0.25, -0.2) is 0 Å². The minimum atomic E-state index is -2.85. The number of nitrogens with one attached hydrogen (secondary N) is 1. The highest BCUT2D eigenvalue weighted by Gasteiger charge is 2.36. The number of amides is 1. The molecule has 0 spiro atoms. The third-order valence-corrected chi connectivity index (χ3v) is 6.81. The van der Waals surface area contributed by atoms with E-state index in [0.717, 1.165) is 49.4 Å². The topological polar surface area (TPSA) is 99.6 Å². The Kier molecular flexibility index (Phi) is 6.24. The van der Waals surface area contributed by atoms with Crippen molar-refractivity contribution in [2.75, 3.05) is 11.9 Å². The number of hydrogen-bond donors (Lipinski definition) is 3. The number of nitrogens with zero attached hydrogens (tertiary/aromatic N) is 3. The van der Waals surface area contributed by atoms with E-state index in [2.05, 4.69) is 5.32 Å². The van der Waals surface area contributed by atoms with Crippen LogP contribution in [0.2, 0.25) is 0 Å². The molecule has 2 fully saturated rings. The normalized spacial score (nSPS) is 23.4. The number of ether oxygens (including phenoxy) is 1. The molecule has 3 N–H and O–H groups in total. The lowest BCUT2D eigenvalue weighted by atomic mass is 9.93. The van der Waals surface area contributed by atoms with Crippen LogP contribution in [-0.2, 0) is 4.79 Å². The fraction of sp³-hybridized carbons (Fsp3) is 0.542.